The predicted molar refractivity (Wildman–Crippen MR) is 79.5 cm³/mol. The maximum Gasteiger partial charge on any atom is 0.203 e. The molecule has 1 aliphatic carbocycles. The molecule has 3 rings (SSSR count). The van der Waals surface area contributed by atoms with Crippen molar-refractivity contribution in [1.29, 1.82) is 0 Å². The molecule has 0 amide bonds. The fourth-order valence-electron chi connectivity index (χ4n) is 3.31. The third-order valence-corrected chi connectivity index (χ3v) is 6.78. The lowest BCUT2D eigenvalue weighted by Gasteiger charge is -2.24. The predicted octanol–water partition coefficient (Wildman–Crippen LogP) is 2.20. The van der Waals surface area contributed by atoms with Gasteiger partial charge in [0.1, 0.15) is 0 Å². The average Bonchev–Trinajstić information content (AvgIpc) is 2.99. The Morgan fingerprint density at radius 2 is 2.00 bits per heavy atom. The maximum absolute atomic E-state index is 11.9. The van der Waals surface area contributed by atoms with Crippen molar-refractivity contribution in [2.45, 2.75) is 62.8 Å². The first-order chi connectivity index (χ1) is 9.65. The number of nitrogens with zero attached hydrogens (tertiary/aromatic N) is 2. The lowest BCUT2D eigenvalue weighted by molar-refractivity contribution is 0.458. The van der Waals surface area contributed by atoms with Gasteiger partial charge in [0.05, 0.1) is 11.0 Å². The van der Waals surface area contributed by atoms with Gasteiger partial charge in [0, 0.05) is 25.0 Å². The van der Waals surface area contributed by atoms with Crippen LogP contribution in [0, 0.1) is 0 Å². The molecule has 1 saturated heterocycles. The van der Waals surface area contributed by atoms with E-state index in [1.165, 1.54) is 32.1 Å². The Morgan fingerprint density at radius 1 is 1.20 bits per heavy atom. The SMILES string of the molecule is O=S1(=O)CCCC1Cn1ccnc1NC1CCCCC1. The van der Waals surface area contributed by atoms with Gasteiger partial charge in [-0.25, -0.2) is 13.4 Å². The van der Waals surface area contributed by atoms with Crippen LogP contribution in [0.25, 0.3) is 0 Å². The molecule has 6 heteroatoms. The molecular weight excluding hydrogens is 274 g/mol. The van der Waals surface area contributed by atoms with Gasteiger partial charge in [0.15, 0.2) is 9.84 Å². The van der Waals surface area contributed by atoms with Gasteiger partial charge in [0.25, 0.3) is 0 Å². The minimum absolute atomic E-state index is 0.233. The van der Waals surface area contributed by atoms with E-state index in [9.17, 15) is 8.42 Å². The number of nitrogens with one attached hydrogen (secondary N) is 1. The number of hydrogen-bond acceptors (Lipinski definition) is 4. The van der Waals surface area contributed by atoms with Crippen molar-refractivity contribution in [3.8, 4) is 0 Å². The van der Waals surface area contributed by atoms with Crippen molar-refractivity contribution < 1.29 is 8.42 Å². The van der Waals surface area contributed by atoms with Gasteiger partial charge in [-0.1, -0.05) is 19.3 Å². The number of rotatable bonds is 4. The van der Waals surface area contributed by atoms with Gasteiger partial charge in [0.2, 0.25) is 5.95 Å². The fraction of sp³-hybridized carbons (Fsp3) is 0.786. The molecule has 20 heavy (non-hydrogen) atoms. The average molecular weight is 297 g/mol. The Balaban J connectivity index is 1.67. The number of hydrogen-bond donors (Lipinski definition) is 1. The van der Waals surface area contributed by atoms with Crippen molar-refractivity contribution in [2.75, 3.05) is 11.1 Å². The topological polar surface area (TPSA) is 64.0 Å². The molecule has 1 aromatic rings. The monoisotopic (exact) mass is 297 g/mol. The van der Waals surface area contributed by atoms with Gasteiger partial charge in [-0.3, -0.25) is 0 Å². The summed E-state index contributed by atoms with van der Waals surface area (Å²) in [4.78, 5) is 4.36. The summed E-state index contributed by atoms with van der Waals surface area (Å²) in [5.74, 6) is 1.18. The molecule has 2 heterocycles. The third kappa shape index (κ3) is 3.00. The Hall–Kier alpha value is -1.04. The second-order valence-electron chi connectivity index (χ2n) is 6.01. The van der Waals surface area contributed by atoms with E-state index in [1.807, 2.05) is 10.8 Å². The van der Waals surface area contributed by atoms with Crippen LogP contribution in [-0.2, 0) is 16.4 Å². The molecule has 1 saturated carbocycles. The molecule has 0 radical (unpaired) electrons. The first kappa shape index (κ1) is 13.9. The molecule has 2 aliphatic rings. The molecular formula is C14H23N3O2S. The van der Waals surface area contributed by atoms with Crippen molar-refractivity contribution >= 4 is 15.8 Å². The van der Waals surface area contributed by atoms with E-state index in [0.29, 0.717) is 18.3 Å². The van der Waals surface area contributed by atoms with Crippen LogP contribution in [0.15, 0.2) is 12.4 Å². The van der Waals surface area contributed by atoms with Gasteiger partial charge in [-0.2, -0.15) is 0 Å². The van der Waals surface area contributed by atoms with Gasteiger partial charge in [-0.05, 0) is 25.7 Å². The molecule has 5 nitrogen and oxygen atoms in total. The highest BCUT2D eigenvalue weighted by atomic mass is 32.2. The van der Waals surface area contributed by atoms with Crippen LogP contribution in [0.5, 0.6) is 0 Å². The zero-order valence-electron chi connectivity index (χ0n) is 11.8. The molecule has 1 aliphatic heterocycles. The van der Waals surface area contributed by atoms with E-state index in [2.05, 4.69) is 10.3 Å². The van der Waals surface area contributed by atoms with E-state index < -0.39 is 9.84 Å². The van der Waals surface area contributed by atoms with E-state index in [4.69, 9.17) is 0 Å². The summed E-state index contributed by atoms with van der Waals surface area (Å²) in [5.41, 5.74) is 0. The summed E-state index contributed by atoms with van der Waals surface area (Å²) < 4.78 is 25.8. The van der Waals surface area contributed by atoms with Gasteiger partial charge < -0.3 is 9.88 Å². The van der Waals surface area contributed by atoms with Crippen LogP contribution in [0.1, 0.15) is 44.9 Å². The highest BCUT2D eigenvalue weighted by molar-refractivity contribution is 7.92. The Kier molecular flexibility index (Phi) is 4.01. The fourth-order valence-corrected chi connectivity index (χ4v) is 5.12. The summed E-state index contributed by atoms with van der Waals surface area (Å²) in [6.07, 6.45) is 11.5. The summed E-state index contributed by atoms with van der Waals surface area (Å²) >= 11 is 0. The van der Waals surface area contributed by atoms with Gasteiger partial charge in [-0.15, -0.1) is 0 Å². The highest BCUT2D eigenvalue weighted by Gasteiger charge is 2.32. The minimum Gasteiger partial charge on any atom is -0.353 e. The quantitative estimate of drug-likeness (QED) is 0.925. The van der Waals surface area contributed by atoms with Crippen LogP contribution in [0.3, 0.4) is 0 Å². The lowest BCUT2D eigenvalue weighted by atomic mass is 9.96. The molecule has 1 atom stereocenters. The highest BCUT2D eigenvalue weighted by Crippen LogP contribution is 2.24. The molecule has 112 valence electrons. The zero-order chi connectivity index (χ0) is 14.0. The Morgan fingerprint density at radius 3 is 2.70 bits per heavy atom. The lowest BCUT2D eigenvalue weighted by Crippen LogP contribution is -2.27. The largest absolute Gasteiger partial charge is 0.353 e. The molecule has 1 N–H and O–H groups in total. The number of imidazole rings is 1. The van der Waals surface area contributed by atoms with Crippen LogP contribution < -0.4 is 5.32 Å². The van der Waals surface area contributed by atoms with Crippen LogP contribution in [0.2, 0.25) is 0 Å². The molecule has 0 aromatic carbocycles. The van der Waals surface area contributed by atoms with Crippen molar-refractivity contribution in [3.63, 3.8) is 0 Å². The smallest absolute Gasteiger partial charge is 0.203 e. The van der Waals surface area contributed by atoms with E-state index in [0.717, 1.165) is 18.8 Å². The normalized spacial score (nSPS) is 26.7. The summed E-state index contributed by atoms with van der Waals surface area (Å²) in [6.45, 7) is 0.539. The van der Waals surface area contributed by atoms with Crippen LogP contribution >= 0.6 is 0 Å². The van der Waals surface area contributed by atoms with E-state index >= 15 is 0 Å². The minimum atomic E-state index is -2.89. The first-order valence-electron chi connectivity index (χ1n) is 7.64. The van der Waals surface area contributed by atoms with E-state index in [-0.39, 0.29) is 5.25 Å². The second kappa shape index (κ2) is 5.76. The number of sulfone groups is 1. The number of anilines is 1. The summed E-state index contributed by atoms with van der Waals surface area (Å²) in [5, 5.41) is 3.26. The van der Waals surface area contributed by atoms with Gasteiger partial charge >= 0.3 is 0 Å². The van der Waals surface area contributed by atoms with Crippen molar-refractivity contribution in [1.82, 2.24) is 9.55 Å². The summed E-state index contributed by atoms with van der Waals surface area (Å²) in [7, 11) is -2.89. The molecule has 0 bridgehead atoms. The molecule has 1 aromatic heterocycles. The molecule has 2 fully saturated rings. The number of aromatic nitrogens is 2. The standard InChI is InChI=1S/C14H23N3O2S/c18-20(19)10-4-7-13(20)11-17-9-8-15-14(17)16-12-5-2-1-3-6-12/h8-9,12-13H,1-7,10-11H2,(H,15,16). The van der Waals surface area contributed by atoms with Crippen molar-refractivity contribution in [2.24, 2.45) is 0 Å². The van der Waals surface area contributed by atoms with E-state index in [1.54, 1.807) is 6.20 Å². The summed E-state index contributed by atoms with van der Waals surface area (Å²) in [6, 6.07) is 0.491. The first-order valence-corrected chi connectivity index (χ1v) is 9.36. The zero-order valence-corrected chi connectivity index (χ0v) is 12.6. The third-order valence-electron chi connectivity index (χ3n) is 4.52. The second-order valence-corrected chi connectivity index (χ2v) is 8.41. The van der Waals surface area contributed by atoms with Crippen LogP contribution in [0.4, 0.5) is 5.95 Å². The van der Waals surface area contributed by atoms with Crippen LogP contribution in [-0.4, -0.2) is 35.0 Å². The molecule has 0 spiro atoms. The Labute approximate surface area is 120 Å². The van der Waals surface area contributed by atoms with Crippen molar-refractivity contribution in [3.05, 3.63) is 12.4 Å². The maximum atomic E-state index is 11.9. The molecule has 1 unspecified atom stereocenters. The Bertz CT molecular complexity index is 547.